The lowest BCUT2D eigenvalue weighted by Crippen LogP contribution is -2.43. The maximum absolute atomic E-state index is 14.5. The Morgan fingerprint density at radius 1 is 0.956 bits per heavy atom. The monoisotopic (exact) mass is 626 g/mol. The summed E-state index contributed by atoms with van der Waals surface area (Å²) >= 11 is 0. The van der Waals surface area contributed by atoms with Gasteiger partial charge in [-0.2, -0.15) is 0 Å². The van der Waals surface area contributed by atoms with Crippen LogP contribution in [0, 0.1) is 29.1 Å². The van der Waals surface area contributed by atoms with E-state index in [-0.39, 0.29) is 31.1 Å². The Labute approximate surface area is 262 Å². The summed E-state index contributed by atoms with van der Waals surface area (Å²) in [6.07, 6.45) is -2.56. The molecular formula is C34H42O11. The number of hydrogen-bond donors (Lipinski definition) is 1. The normalized spacial score (nSPS) is 39.9. The highest BCUT2D eigenvalue weighted by atomic mass is 16.7. The molecule has 0 radical (unpaired) electrons. The van der Waals surface area contributed by atoms with Crippen molar-refractivity contribution in [2.45, 2.75) is 96.9 Å². The first-order valence-electron chi connectivity index (χ1n) is 15.4. The molecule has 11 nitrogen and oxygen atoms in total. The van der Waals surface area contributed by atoms with Gasteiger partial charge in [-0.05, 0) is 36.5 Å². The molecule has 244 valence electrons. The van der Waals surface area contributed by atoms with Crippen molar-refractivity contribution in [2.75, 3.05) is 6.61 Å². The number of fused-ring (bicyclic) bond motifs is 1. The highest BCUT2D eigenvalue weighted by Crippen LogP contribution is 2.68. The fraction of sp³-hybridized carbons (Fsp3) is 0.618. The van der Waals surface area contributed by atoms with Crippen LogP contribution in [0.2, 0.25) is 0 Å². The first kappa shape index (κ1) is 32.8. The molecule has 1 N–H and O–H groups in total. The van der Waals surface area contributed by atoms with Crippen molar-refractivity contribution in [2.24, 2.45) is 29.1 Å². The number of carbonyl (C=O) groups is 5. The summed E-state index contributed by atoms with van der Waals surface area (Å²) < 4.78 is 29.3. The Balaban J connectivity index is 1.62. The van der Waals surface area contributed by atoms with Crippen LogP contribution in [0.15, 0.2) is 42.0 Å². The number of epoxide rings is 1. The van der Waals surface area contributed by atoms with E-state index in [0.29, 0.717) is 5.57 Å². The molecule has 1 aromatic carbocycles. The van der Waals surface area contributed by atoms with Gasteiger partial charge in [0.2, 0.25) is 0 Å². The Hall–Kier alpha value is -3.57. The van der Waals surface area contributed by atoms with Crippen LogP contribution in [-0.4, -0.2) is 77.0 Å². The quantitative estimate of drug-likeness (QED) is 0.206. The van der Waals surface area contributed by atoms with Crippen LogP contribution in [0.5, 0.6) is 0 Å². The molecule has 0 unspecified atom stereocenters. The van der Waals surface area contributed by atoms with Crippen LogP contribution in [-0.2, 0) is 54.1 Å². The molecule has 0 amide bonds. The van der Waals surface area contributed by atoms with Gasteiger partial charge in [0.25, 0.3) is 0 Å². The van der Waals surface area contributed by atoms with Crippen molar-refractivity contribution in [1.82, 2.24) is 0 Å². The summed E-state index contributed by atoms with van der Waals surface area (Å²) in [5.74, 6) is -5.11. The summed E-state index contributed by atoms with van der Waals surface area (Å²) in [6.45, 7) is 10.7. The van der Waals surface area contributed by atoms with Crippen LogP contribution in [0.4, 0.5) is 0 Å². The van der Waals surface area contributed by atoms with E-state index in [0.717, 1.165) is 5.56 Å². The molecule has 3 aliphatic carbocycles. The second-order valence-corrected chi connectivity index (χ2v) is 13.5. The molecule has 1 aromatic rings. The van der Waals surface area contributed by atoms with Gasteiger partial charge >= 0.3 is 23.9 Å². The minimum Gasteiger partial charge on any atom is -0.465 e. The van der Waals surface area contributed by atoms with Crippen molar-refractivity contribution in [3.63, 3.8) is 0 Å². The second kappa shape index (κ2) is 11.7. The fourth-order valence-electron chi connectivity index (χ4n) is 8.14. The highest BCUT2D eigenvalue weighted by molar-refractivity contribution is 5.96. The molecule has 11 atom stereocenters. The van der Waals surface area contributed by atoms with Gasteiger partial charge in [0, 0.05) is 38.0 Å². The van der Waals surface area contributed by atoms with Gasteiger partial charge in [-0.1, -0.05) is 51.1 Å². The lowest BCUT2D eigenvalue weighted by atomic mass is 9.80. The first-order valence-corrected chi connectivity index (χ1v) is 15.4. The number of ketones is 1. The number of rotatable bonds is 7. The van der Waals surface area contributed by atoms with E-state index in [1.165, 1.54) is 20.8 Å². The molecule has 1 heterocycles. The predicted molar refractivity (Wildman–Crippen MR) is 157 cm³/mol. The topological polar surface area (TPSA) is 155 Å². The number of ether oxygens (including phenoxy) is 5. The largest absolute Gasteiger partial charge is 0.465 e. The molecular weight excluding hydrogens is 584 g/mol. The van der Waals surface area contributed by atoms with Crippen molar-refractivity contribution in [1.29, 1.82) is 0 Å². The molecule has 2 saturated carbocycles. The number of benzene rings is 1. The molecule has 1 aliphatic heterocycles. The maximum atomic E-state index is 14.5. The minimum absolute atomic E-state index is 0.0551. The van der Waals surface area contributed by atoms with E-state index in [4.69, 9.17) is 23.7 Å². The molecule has 0 spiro atoms. The third kappa shape index (κ3) is 5.58. The number of carbonyl (C=O) groups excluding carboxylic acids is 5. The lowest BCUT2D eigenvalue weighted by molar-refractivity contribution is -0.155. The molecule has 3 fully saturated rings. The van der Waals surface area contributed by atoms with Crippen molar-refractivity contribution in [3.8, 4) is 0 Å². The Morgan fingerprint density at radius 2 is 1.60 bits per heavy atom. The Kier molecular flexibility index (Phi) is 8.50. The molecule has 11 heteroatoms. The van der Waals surface area contributed by atoms with Crippen LogP contribution >= 0.6 is 0 Å². The third-order valence-electron chi connectivity index (χ3n) is 10.1. The Bertz CT molecular complexity index is 1420. The average molecular weight is 627 g/mol. The molecule has 0 bridgehead atoms. The zero-order valence-corrected chi connectivity index (χ0v) is 26.7. The van der Waals surface area contributed by atoms with Gasteiger partial charge in [0.05, 0.1) is 25.0 Å². The van der Waals surface area contributed by atoms with Crippen molar-refractivity contribution < 1.29 is 52.8 Å². The molecule has 4 aliphatic rings. The zero-order chi connectivity index (χ0) is 33.1. The SMILES string of the molecule is CC(=O)OC[C@]1(C)[C@@H]2[C@H](OC(C)=O)[C@@H](C)C(=O)[C@@]34C[C@H](C)[C@H](OC(C)=O)[C@]3(C=C(C)[C@@H](OC(=O)Cc3ccccc3)[C@@H](O)[C@@H]21)O4. The smallest absolute Gasteiger partial charge is 0.310 e. The summed E-state index contributed by atoms with van der Waals surface area (Å²) in [5, 5.41) is 12.1. The van der Waals surface area contributed by atoms with Crippen molar-refractivity contribution >= 4 is 29.7 Å². The van der Waals surface area contributed by atoms with Gasteiger partial charge in [-0.25, -0.2) is 0 Å². The van der Waals surface area contributed by atoms with Gasteiger partial charge in [-0.3, -0.25) is 24.0 Å². The van der Waals surface area contributed by atoms with E-state index in [9.17, 15) is 29.1 Å². The summed E-state index contributed by atoms with van der Waals surface area (Å²) in [4.78, 5) is 64.3. The highest BCUT2D eigenvalue weighted by Gasteiger charge is 2.84. The fourth-order valence-corrected chi connectivity index (χ4v) is 8.14. The van der Waals surface area contributed by atoms with Gasteiger partial charge < -0.3 is 28.8 Å². The van der Waals surface area contributed by atoms with E-state index < -0.39 is 82.7 Å². The third-order valence-corrected chi connectivity index (χ3v) is 10.1. The predicted octanol–water partition coefficient (Wildman–Crippen LogP) is 2.89. The van der Waals surface area contributed by atoms with Crippen LogP contribution < -0.4 is 0 Å². The number of Topliss-reactive ketones (excluding diaryl/α,β-unsaturated/α-hetero) is 1. The average Bonchev–Trinajstić information content (AvgIpc) is 3.78. The second-order valence-electron chi connectivity index (χ2n) is 13.5. The maximum Gasteiger partial charge on any atom is 0.310 e. The van der Waals surface area contributed by atoms with Crippen molar-refractivity contribution in [3.05, 3.63) is 47.5 Å². The first-order chi connectivity index (χ1) is 21.1. The Morgan fingerprint density at radius 3 is 2.20 bits per heavy atom. The summed E-state index contributed by atoms with van der Waals surface area (Å²) in [6, 6.07) is 9.01. The van der Waals surface area contributed by atoms with Gasteiger partial charge in [-0.15, -0.1) is 0 Å². The lowest BCUT2D eigenvalue weighted by Gasteiger charge is -2.28. The van der Waals surface area contributed by atoms with E-state index in [2.05, 4.69) is 0 Å². The minimum atomic E-state index is -1.39. The number of aliphatic hydroxyl groups excluding tert-OH is 1. The molecule has 1 saturated heterocycles. The standard InChI is InChI=1S/C34H42O11/c1-17-14-34-31(43-22(6)37)18(2)15-33(34,45-34)30(40)19(3)29(42-21(5)36)26-25(32(26,7)16-41-20(4)35)27(39)28(17)44-24(38)13-23-11-9-8-10-12-23/h8-12,14,18-19,25-29,31,39H,13,15-16H2,1-7H3/t18-,19+,25+,26-,27-,28+,29+,31-,32-,33-,34-/m0/s1. The van der Waals surface area contributed by atoms with Crippen LogP contribution in [0.1, 0.15) is 60.5 Å². The van der Waals surface area contributed by atoms with E-state index in [1.807, 2.05) is 13.0 Å². The van der Waals surface area contributed by atoms with Crippen LogP contribution in [0.25, 0.3) is 0 Å². The number of aliphatic hydroxyl groups is 1. The zero-order valence-electron chi connectivity index (χ0n) is 26.7. The molecule has 0 aromatic heterocycles. The summed E-state index contributed by atoms with van der Waals surface area (Å²) in [7, 11) is 0. The van der Waals surface area contributed by atoms with Gasteiger partial charge in [0.15, 0.2) is 17.0 Å². The number of hydrogen-bond acceptors (Lipinski definition) is 11. The summed E-state index contributed by atoms with van der Waals surface area (Å²) in [5.41, 5.74) is -2.56. The number of esters is 4. The molecule has 5 rings (SSSR count). The van der Waals surface area contributed by atoms with E-state index >= 15 is 0 Å². The van der Waals surface area contributed by atoms with Crippen LogP contribution in [0.3, 0.4) is 0 Å². The van der Waals surface area contributed by atoms with E-state index in [1.54, 1.807) is 51.1 Å². The molecule has 45 heavy (non-hydrogen) atoms. The van der Waals surface area contributed by atoms with Gasteiger partial charge in [0.1, 0.15) is 18.3 Å².